The van der Waals surface area contributed by atoms with Gasteiger partial charge in [0.2, 0.25) is 5.91 Å². The van der Waals surface area contributed by atoms with Crippen molar-refractivity contribution < 1.29 is 19.8 Å². The molecule has 0 fully saturated rings. The van der Waals surface area contributed by atoms with Crippen LogP contribution in [0.3, 0.4) is 0 Å². The first kappa shape index (κ1) is 14.5. The molecule has 0 aliphatic rings. The summed E-state index contributed by atoms with van der Waals surface area (Å²) in [5.41, 5.74) is 0.947. The number of carboxylic acid groups (broad SMARTS) is 1. The van der Waals surface area contributed by atoms with Gasteiger partial charge < -0.3 is 15.5 Å². The molecular weight excluding hydrogens is 272 g/mol. The third-order valence-corrected chi connectivity index (χ3v) is 2.85. The van der Waals surface area contributed by atoms with E-state index in [1.165, 1.54) is 12.1 Å². The number of aromatic hydroxyl groups is 1. The first-order valence-electron chi connectivity index (χ1n) is 6.32. The molecule has 0 atom stereocenters. The Morgan fingerprint density at radius 1 is 1.19 bits per heavy atom. The largest absolute Gasteiger partial charge is 0.506 e. The number of phenolic OH excluding ortho intramolecular Hbond substituents is 1. The third-order valence-electron chi connectivity index (χ3n) is 2.85. The Balaban J connectivity index is 1.95. The molecule has 0 aliphatic carbocycles. The summed E-state index contributed by atoms with van der Waals surface area (Å²) in [6, 6.07) is 9.24. The molecule has 0 saturated heterocycles. The SMILES string of the molecule is O=C(CCc1ccccn1)Nc1ccc(C(=O)O)cc1O. The maximum atomic E-state index is 11.8. The number of anilines is 1. The number of nitrogens with zero attached hydrogens (tertiary/aromatic N) is 1. The van der Waals surface area contributed by atoms with Gasteiger partial charge in [0.05, 0.1) is 11.3 Å². The smallest absolute Gasteiger partial charge is 0.335 e. The van der Waals surface area contributed by atoms with Crippen LogP contribution in [-0.4, -0.2) is 27.1 Å². The molecule has 0 radical (unpaired) electrons. The number of carbonyl (C=O) groups excluding carboxylic acids is 1. The lowest BCUT2D eigenvalue weighted by Gasteiger charge is -2.08. The standard InChI is InChI=1S/C15H14N2O4/c18-13-9-10(15(20)21)4-6-12(13)17-14(19)7-5-11-3-1-2-8-16-11/h1-4,6,8-9,18H,5,7H2,(H,17,19)(H,20,21). The molecule has 1 aromatic carbocycles. The van der Waals surface area contributed by atoms with Crippen molar-refractivity contribution in [3.8, 4) is 5.75 Å². The van der Waals surface area contributed by atoms with Gasteiger partial charge in [-0.25, -0.2) is 4.79 Å². The lowest BCUT2D eigenvalue weighted by Crippen LogP contribution is -2.13. The predicted molar refractivity (Wildman–Crippen MR) is 76.3 cm³/mol. The molecule has 2 rings (SSSR count). The Morgan fingerprint density at radius 3 is 2.62 bits per heavy atom. The average molecular weight is 286 g/mol. The lowest BCUT2D eigenvalue weighted by atomic mass is 10.1. The number of aryl methyl sites for hydroxylation is 1. The van der Waals surface area contributed by atoms with Crippen LogP contribution in [0.4, 0.5) is 5.69 Å². The molecule has 1 heterocycles. The van der Waals surface area contributed by atoms with Crippen molar-refractivity contribution in [2.45, 2.75) is 12.8 Å². The number of hydrogen-bond acceptors (Lipinski definition) is 4. The molecule has 21 heavy (non-hydrogen) atoms. The normalized spacial score (nSPS) is 10.1. The van der Waals surface area contributed by atoms with E-state index in [1.54, 1.807) is 12.3 Å². The summed E-state index contributed by atoms with van der Waals surface area (Å²) >= 11 is 0. The highest BCUT2D eigenvalue weighted by Crippen LogP contribution is 2.24. The van der Waals surface area contributed by atoms with E-state index in [1.807, 2.05) is 12.1 Å². The molecular formula is C15H14N2O4. The monoisotopic (exact) mass is 286 g/mol. The molecule has 6 nitrogen and oxygen atoms in total. The minimum Gasteiger partial charge on any atom is -0.506 e. The number of phenols is 1. The zero-order valence-corrected chi connectivity index (χ0v) is 11.1. The van der Waals surface area contributed by atoms with Crippen molar-refractivity contribution in [3.63, 3.8) is 0 Å². The number of nitrogens with one attached hydrogen (secondary N) is 1. The molecule has 3 N–H and O–H groups in total. The van der Waals surface area contributed by atoms with Gasteiger partial charge in [-0.3, -0.25) is 9.78 Å². The van der Waals surface area contributed by atoms with Crippen molar-refractivity contribution in [2.24, 2.45) is 0 Å². The van der Waals surface area contributed by atoms with Gasteiger partial charge in [0.15, 0.2) is 0 Å². The van der Waals surface area contributed by atoms with Crippen LogP contribution in [0.1, 0.15) is 22.5 Å². The van der Waals surface area contributed by atoms with Gasteiger partial charge in [0.1, 0.15) is 5.75 Å². The minimum absolute atomic E-state index is 0.0426. The van der Waals surface area contributed by atoms with E-state index in [-0.39, 0.29) is 29.3 Å². The zero-order valence-electron chi connectivity index (χ0n) is 11.1. The maximum absolute atomic E-state index is 11.8. The Hall–Kier alpha value is -2.89. The van der Waals surface area contributed by atoms with Crippen molar-refractivity contribution >= 4 is 17.6 Å². The van der Waals surface area contributed by atoms with Crippen molar-refractivity contribution in [3.05, 3.63) is 53.9 Å². The fraction of sp³-hybridized carbons (Fsp3) is 0.133. The van der Waals surface area contributed by atoms with Crippen LogP contribution in [0, 0.1) is 0 Å². The van der Waals surface area contributed by atoms with Crippen molar-refractivity contribution in [1.82, 2.24) is 4.98 Å². The quantitative estimate of drug-likeness (QED) is 0.730. The van der Waals surface area contributed by atoms with Gasteiger partial charge in [-0.05, 0) is 36.8 Å². The van der Waals surface area contributed by atoms with Gasteiger partial charge in [-0.1, -0.05) is 6.07 Å². The van der Waals surface area contributed by atoms with Gasteiger partial charge in [0, 0.05) is 18.3 Å². The van der Waals surface area contributed by atoms with E-state index < -0.39 is 5.97 Å². The van der Waals surface area contributed by atoms with Gasteiger partial charge in [0.25, 0.3) is 0 Å². The molecule has 2 aromatic rings. The van der Waals surface area contributed by atoms with Gasteiger partial charge in [-0.15, -0.1) is 0 Å². The fourth-order valence-corrected chi connectivity index (χ4v) is 1.77. The summed E-state index contributed by atoms with van der Waals surface area (Å²) < 4.78 is 0. The van der Waals surface area contributed by atoms with E-state index in [9.17, 15) is 14.7 Å². The van der Waals surface area contributed by atoms with Gasteiger partial charge in [-0.2, -0.15) is 0 Å². The molecule has 1 amide bonds. The zero-order chi connectivity index (χ0) is 15.2. The second kappa shape index (κ2) is 6.51. The number of hydrogen-bond donors (Lipinski definition) is 3. The topological polar surface area (TPSA) is 99.5 Å². The van der Waals surface area contributed by atoms with E-state index >= 15 is 0 Å². The van der Waals surface area contributed by atoms with Gasteiger partial charge >= 0.3 is 5.97 Å². The Labute approximate surface area is 121 Å². The Bertz CT molecular complexity index is 656. The molecule has 0 aliphatic heterocycles. The number of pyridine rings is 1. The summed E-state index contributed by atoms with van der Waals surface area (Å²) in [7, 11) is 0. The number of benzene rings is 1. The Kier molecular flexibility index (Phi) is 4.50. The molecule has 108 valence electrons. The highest BCUT2D eigenvalue weighted by molar-refractivity contribution is 5.94. The van der Waals surface area contributed by atoms with Crippen LogP contribution >= 0.6 is 0 Å². The number of amides is 1. The van der Waals surface area contributed by atoms with Crippen LogP contribution in [0.5, 0.6) is 5.75 Å². The Morgan fingerprint density at radius 2 is 2.00 bits per heavy atom. The maximum Gasteiger partial charge on any atom is 0.335 e. The highest BCUT2D eigenvalue weighted by Gasteiger charge is 2.10. The number of carbonyl (C=O) groups is 2. The molecule has 6 heteroatoms. The first-order chi connectivity index (χ1) is 10.1. The molecule has 0 saturated carbocycles. The van der Waals surface area contributed by atoms with Crippen molar-refractivity contribution in [1.29, 1.82) is 0 Å². The third kappa shape index (κ3) is 4.04. The second-order valence-electron chi connectivity index (χ2n) is 4.41. The molecule has 1 aromatic heterocycles. The van der Waals surface area contributed by atoms with Crippen LogP contribution in [0.15, 0.2) is 42.6 Å². The highest BCUT2D eigenvalue weighted by atomic mass is 16.4. The van der Waals surface area contributed by atoms with Crippen LogP contribution < -0.4 is 5.32 Å². The van der Waals surface area contributed by atoms with E-state index in [0.717, 1.165) is 11.8 Å². The number of carboxylic acids is 1. The first-order valence-corrected chi connectivity index (χ1v) is 6.32. The summed E-state index contributed by atoms with van der Waals surface area (Å²) in [5.74, 6) is -1.70. The van der Waals surface area contributed by atoms with Crippen LogP contribution in [0.25, 0.3) is 0 Å². The van der Waals surface area contributed by atoms with E-state index in [0.29, 0.717) is 6.42 Å². The number of rotatable bonds is 5. The summed E-state index contributed by atoms with van der Waals surface area (Å²) in [6.07, 6.45) is 2.36. The summed E-state index contributed by atoms with van der Waals surface area (Å²) in [5, 5.41) is 21.0. The second-order valence-corrected chi connectivity index (χ2v) is 4.41. The van der Waals surface area contributed by atoms with Crippen LogP contribution in [0.2, 0.25) is 0 Å². The van der Waals surface area contributed by atoms with Crippen molar-refractivity contribution in [2.75, 3.05) is 5.32 Å². The minimum atomic E-state index is -1.14. The summed E-state index contributed by atoms with van der Waals surface area (Å²) in [6.45, 7) is 0. The van der Waals surface area contributed by atoms with E-state index in [4.69, 9.17) is 5.11 Å². The number of aromatic nitrogens is 1. The fourth-order valence-electron chi connectivity index (χ4n) is 1.77. The van der Waals surface area contributed by atoms with E-state index in [2.05, 4.69) is 10.3 Å². The molecule has 0 bridgehead atoms. The lowest BCUT2D eigenvalue weighted by molar-refractivity contribution is -0.116. The summed E-state index contributed by atoms with van der Waals surface area (Å²) in [4.78, 5) is 26.6. The van der Waals surface area contributed by atoms with Crippen LogP contribution in [-0.2, 0) is 11.2 Å². The molecule has 0 spiro atoms. The molecule has 0 unspecified atom stereocenters. The predicted octanol–water partition coefficient (Wildman–Crippen LogP) is 2.06. The average Bonchev–Trinajstić information content (AvgIpc) is 2.48. The number of aromatic carboxylic acids is 1.